The van der Waals surface area contributed by atoms with Gasteiger partial charge in [-0.15, -0.1) is 5.10 Å². The van der Waals surface area contributed by atoms with Gasteiger partial charge in [0, 0.05) is 0 Å². The first kappa shape index (κ1) is 8.19. The lowest BCUT2D eigenvalue weighted by Gasteiger charge is -1.98. The van der Waals surface area contributed by atoms with Gasteiger partial charge in [0.25, 0.3) is 0 Å². The van der Waals surface area contributed by atoms with Gasteiger partial charge in [-0.1, -0.05) is 25.2 Å². The predicted octanol–water partition coefficient (Wildman–Crippen LogP) is 2.68. The molecular formula is C7H8BrN3S. The van der Waals surface area contributed by atoms with Crippen molar-refractivity contribution in [1.29, 1.82) is 0 Å². The summed E-state index contributed by atoms with van der Waals surface area (Å²) in [6, 6.07) is 0. The zero-order valence-electron chi connectivity index (χ0n) is 6.78. The molecule has 0 spiro atoms. The van der Waals surface area contributed by atoms with Gasteiger partial charge < -0.3 is 0 Å². The van der Waals surface area contributed by atoms with Crippen molar-refractivity contribution in [3.8, 4) is 0 Å². The predicted molar refractivity (Wildman–Crippen MR) is 52.7 cm³/mol. The summed E-state index contributed by atoms with van der Waals surface area (Å²) in [7, 11) is 0. The maximum Gasteiger partial charge on any atom is 0.213 e. The minimum atomic E-state index is 0.467. The Morgan fingerprint density at radius 1 is 1.58 bits per heavy atom. The monoisotopic (exact) mass is 245 g/mol. The van der Waals surface area contributed by atoms with Gasteiger partial charge in [0.05, 0.1) is 11.9 Å². The summed E-state index contributed by atoms with van der Waals surface area (Å²) in [6.07, 6.45) is 1.88. The molecule has 0 aliphatic rings. The molecule has 0 radical (unpaired) electrons. The van der Waals surface area contributed by atoms with E-state index in [1.807, 2.05) is 10.7 Å². The summed E-state index contributed by atoms with van der Waals surface area (Å²) >= 11 is 4.88. The second kappa shape index (κ2) is 2.81. The normalized spacial score (nSPS) is 11.7. The number of nitrogens with zero attached hydrogens (tertiary/aromatic N) is 3. The third kappa shape index (κ3) is 1.17. The topological polar surface area (TPSA) is 30.2 Å². The molecule has 2 aromatic rings. The van der Waals surface area contributed by atoms with Crippen LogP contribution in [0.4, 0.5) is 0 Å². The van der Waals surface area contributed by atoms with Gasteiger partial charge in [-0.3, -0.25) is 0 Å². The van der Waals surface area contributed by atoms with Crippen molar-refractivity contribution >= 4 is 32.2 Å². The first-order valence-electron chi connectivity index (χ1n) is 3.68. The van der Waals surface area contributed by atoms with E-state index in [1.165, 1.54) is 0 Å². The number of rotatable bonds is 1. The molecule has 3 nitrogen and oxygen atoms in total. The summed E-state index contributed by atoms with van der Waals surface area (Å²) in [5, 5.41) is 4.28. The summed E-state index contributed by atoms with van der Waals surface area (Å²) in [5.74, 6) is 0.467. The van der Waals surface area contributed by atoms with Crippen molar-refractivity contribution in [2.45, 2.75) is 19.8 Å². The Labute approximate surface area is 82.6 Å². The molecule has 0 aliphatic carbocycles. The quantitative estimate of drug-likeness (QED) is 0.774. The Hall–Kier alpha value is -0.420. The maximum absolute atomic E-state index is 4.28. The average molecular weight is 246 g/mol. The molecule has 0 aromatic carbocycles. The zero-order valence-corrected chi connectivity index (χ0v) is 9.19. The van der Waals surface area contributed by atoms with Gasteiger partial charge in [-0.25, -0.2) is 9.50 Å². The fourth-order valence-electron chi connectivity index (χ4n) is 1.08. The summed E-state index contributed by atoms with van der Waals surface area (Å²) in [5.41, 5.74) is 1.16. The van der Waals surface area contributed by atoms with Crippen molar-refractivity contribution in [3.63, 3.8) is 0 Å². The molecule has 0 saturated heterocycles. The fourth-order valence-corrected chi connectivity index (χ4v) is 2.28. The standard InChI is InChI=1S/C7H8BrN3S/c1-4(2)5-3-9-7-11(5)10-6(8)12-7/h3-4H,1-2H3. The molecule has 0 N–H and O–H groups in total. The third-order valence-electron chi connectivity index (χ3n) is 1.68. The number of halogens is 1. The van der Waals surface area contributed by atoms with Crippen molar-refractivity contribution in [1.82, 2.24) is 14.6 Å². The zero-order chi connectivity index (χ0) is 8.72. The molecule has 2 aromatic heterocycles. The van der Waals surface area contributed by atoms with E-state index in [9.17, 15) is 0 Å². The first-order valence-corrected chi connectivity index (χ1v) is 5.29. The Morgan fingerprint density at radius 3 is 3.00 bits per heavy atom. The van der Waals surface area contributed by atoms with E-state index in [1.54, 1.807) is 11.3 Å². The molecular weight excluding hydrogens is 238 g/mol. The van der Waals surface area contributed by atoms with Crippen LogP contribution in [-0.2, 0) is 0 Å². The van der Waals surface area contributed by atoms with Crippen LogP contribution in [0.15, 0.2) is 10.1 Å². The van der Waals surface area contributed by atoms with Crippen LogP contribution in [0.3, 0.4) is 0 Å². The lowest BCUT2D eigenvalue weighted by Crippen LogP contribution is -1.94. The van der Waals surface area contributed by atoms with Crippen molar-refractivity contribution in [2.24, 2.45) is 0 Å². The molecule has 0 unspecified atom stereocenters. The number of aromatic nitrogens is 3. The minimum Gasteiger partial charge on any atom is -0.226 e. The summed E-state index contributed by atoms with van der Waals surface area (Å²) in [4.78, 5) is 5.20. The van der Waals surface area contributed by atoms with Gasteiger partial charge in [-0.05, 0) is 21.8 Å². The van der Waals surface area contributed by atoms with Gasteiger partial charge in [0.2, 0.25) is 4.96 Å². The number of imidazole rings is 1. The lowest BCUT2D eigenvalue weighted by molar-refractivity contribution is 0.764. The number of hydrogen-bond donors (Lipinski definition) is 0. The molecule has 0 atom stereocenters. The smallest absolute Gasteiger partial charge is 0.213 e. The van der Waals surface area contributed by atoms with Crippen molar-refractivity contribution in [2.75, 3.05) is 0 Å². The highest BCUT2D eigenvalue weighted by molar-refractivity contribution is 9.11. The van der Waals surface area contributed by atoms with E-state index in [-0.39, 0.29) is 0 Å². The molecule has 0 aliphatic heterocycles. The number of hydrogen-bond acceptors (Lipinski definition) is 3. The van der Waals surface area contributed by atoms with Crippen LogP contribution in [0, 0.1) is 0 Å². The van der Waals surface area contributed by atoms with Gasteiger partial charge >= 0.3 is 0 Å². The molecule has 0 amide bonds. The molecule has 0 saturated carbocycles. The summed E-state index contributed by atoms with van der Waals surface area (Å²) < 4.78 is 2.77. The Kier molecular flexibility index (Phi) is 1.92. The Morgan fingerprint density at radius 2 is 2.33 bits per heavy atom. The van der Waals surface area contributed by atoms with E-state index >= 15 is 0 Å². The Balaban J connectivity index is 2.68. The largest absolute Gasteiger partial charge is 0.226 e. The molecule has 0 bridgehead atoms. The second-order valence-corrected chi connectivity index (χ2v) is 5.12. The fraction of sp³-hybridized carbons (Fsp3) is 0.429. The number of fused-ring (bicyclic) bond motifs is 1. The lowest BCUT2D eigenvalue weighted by atomic mass is 10.2. The molecule has 0 fully saturated rings. The van der Waals surface area contributed by atoms with Crippen LogP contribution < -0.4 is 0 Å². The SMILES string of the molecule is CC(C)c1cnc2sc(Br)nn12. The van der Waals surface area contributed by atoms with Crippen LogP contribution in [0.1, 0.15) is 25.5 Å². The van der Waals surface area contributed by atoms with E-state index in [2.05, 4.69) is 39.9 Å². The van der Waals surface area contributed by atoms with E-state index in [0.29, 0.717) is 5.92 Å². The second-order valence-electron chi connectivity index (χ2n) is 2.89. The molecule has 64 valence electrons. The first-order chi connectivity index (χ1) is 5.68. The van der Waals surface area contributed by atoms with Crippen LogP contribution in [-0.4, -0.2) is 14.6 Å². The Bertz CT molecular complexity index is 404. The van der Waals surface area contributed by atoms with E-state index < -0.39 is 0 Å². The molecule has 2 heterocycles. The van der Waals surface area contributed by atoms with Crippen molar-refractivity contribution < 1.29 is 0 Å². The van der Waals surface area contributed by atoms with Crippen LogP contribution in [0.5, 0.6) is 0 Å². The highest BCUT2D eigenvalue weighted by Crippen LogP contribution is 2.23. The third-order valence-corrected chi connectivity index (χ3v) is 3.03. The van der Waals surface area contributed by atoms with Crippen LogP contribution >= 0.6 is 27.3 Å². The van der Waals surface area contributed by atoms with E-state index in [0.717, 1.165) is 14.6 Å². The van der Waals surface area contributed by atoms with Gasteiger partial charge in [0.1, 0.15) is 0 Å². The maximum atomic E-state index is 4.28. The highest BCUT2D eigenvalue weighted by Gasteiger charge is 2.10. The van der Waals surface area contributed by atoms with Crippen molar-refractivity contribution in [3.05, 3.63) is 15.8 Å². The van der Waals surface area contributed by atoms with Gasteiger partial charge in [0.15, 0.2) is 3.92 Å². The van der Waals surface area contributed by atoms with Gasteiger partial charge in [-0.2, -0.15) is 0 Å². The molecule has 2 rings (SSSR count). The van der Waals surface area contributed by atoms with E-state index in [4.69, 9.17) is 0 Å². The molecule has 5 heteroatoms. The van der Waals surface area contributed by atoms with Crippen LogP contribution in [0.2, 0.25) is 0 Å². The highest BCUT2D eigenvalue weighted by atomic mass is 79.9. The minimum absolute atomic E-state index is 0.467. The molecule has 12 heavy (non-hydrogen) atoms. The summed E-state index contributed by atoms with van der Waals surface area (Å²) in [6.45, 7) is 4.27. The average Bonchev–Trinajstić information content (AvgIpc) is 2.43. The van der Waals surface area contributed by atoms with Crippen LogP contribution in [0.25, 0.3) is 4.96 Å².